The first-order chi connectivity index (χ1) is 15.8. The molecular weight excluding hydrogens is 440 g/mol. The number of rotatable bonds is 4. The highest BCUT2D eigenvalue weighted by molar-refractivity contribution is 6.30. The Balaban J connectivity index is 1.68. The number of anilines is 1. The van der Waals surface area contributed by atoms with Crippen LogP contribution in [0, 0.1) is 5.41 Å². The third-order valence-corrected chi connectivity index (χ3v) is 6.41. The van der Waals surface area contributed by atoms with E-state index in [4.69, 9.17) is 31.2 Å². The fourth-order valence-corrected chi connectivity index (χ4v) is 4.79. The van der Waals surface area contributed by atoms with Crippen molar-refractivity contribution < 1.29 is 14.3 Å². The molecule has 0 amide bonds. The van der Waals surface area contributed by atoms with Crippen molar-refractivity contribution >= 4 is 23.3 Å². The Labute approximate surface area is 197 Å². The normalized spacial score (nSPS) is 18.9. The molecule has 0 saturated heterocycles. The monoisotopic (exact) mass is 464 g/mol. The number of carbonyl (C=O) groups is 1. The minimum absolute atomic E-state index is 0.114. The van der Waals surface area contributed by atoms with Crippen molar-refractivity contribution in [1.29, 1.82) is 0 Å². The molecule has 0 bridgehead atoms. The summed E-state index contributed by atoms with van der Waals surface area (Å²) in [6.07, 6.45) is 1.23. The lowest BCUT2D eigenvalue weighted by Crippen LogP contribution is -2.36. The Morgan fingerprint density at radius 3 is 2.48 bits per heavy atom. The highest BCUT2D eigenvalue weighted by atomic mass is 35.5. The quantitative estimate of drug-likeness (QED) is 0.566. The SMILES string of the molecule is COc1ccc([C@@H]2C3=C(CC(C)(C)CC3=O)Nc3nc(-c4ccc(Cl)cc4)nn32)cc1OC. The van der Waals surface area contributed by atoms with E-state index in [0.717, 1.165) is 28.8 Å². The van der Waals surface area contributed by atoms with E-state index in [-0.39, 0.29) is 11.2 Å². The first-order valence-electron chi connectivity index (χ1n) is 10.8. The van der Waals surface area contributed by atoms with Crippen LogP contribution in [0.2, 0.25) is 5.02 Å². The fourth-order valence-electron chi connectivity index (χ4n) is 4.66. The fraction of sp³-hybridized carbons (Fsp3) is 0.320. The molecule has 1 N–H and O–H groups in total. The van der Waals surface area contributed by atoms with Crippen LogP contribution in [0.5, 0.6) is 11.5 Å². The van der Waals surface area contributed by atoms with Gasteiger partial charge in [0.15, 0.2) is 23.1 Å². The molecule has 8 heteroatoms. The van der Waals surface area contributed by atoms with Crippen LogP contribution in [0.4, 0.5) is 5.95 Å². The second kappa shape index (κ2) is 7.92. The molecule has 1 atom stereocenters. The summed E-state index contributed by atoms with van der Waals surface area (Å²) in [6, 6.07) is 12.7. The number of carbonyl (C=O) groups excluding carboxylic acids is 1. The lowest BCUT2D eigenvalue weighted by atomic mass is 9.73. The Bertz CT molecular complexity index is 1280. The molecular formula is C25H25ClN4O3. The van der Waals surface area contributed by atoms with Gasteiger partial charge in [-0.05, 0) is 53.8 Å². The van der Waals surface area contributed by atoms with Crippen molar-refractivity contribution in [2.75, 3.05) is 19.5 Å². The Morgan fingerprint density at radius 1 is 1.06 bits per heavy atom. The van der Waals surface area contributed by atoms with E-state index in [0.29, 0.717) is 34.7 Å². The number of halogens is 1. The Kier molecular flexibility index (Phi) is 5.16. The van der Waals surface area contributed by atoms with Crippen LogP contribution in [-0.2, 0) is 4.79 Å². The molecule has 1 aliphatic heterocycles. The molecule has 2 aliphatic rings. The van der Waals surface area contributed by atoms with E-state index >= 15 is 0 Å². The second-order valence-electron chi connectivity index (χ2n) is 9.19. The Hall–Kier alpha value is -3.32. The number of hydrogen-bond acceptors (Lipinski definition) is 6. The topological polar surface area (TPSA) is 78.3 Å². The van der Waals surface area contributed by atoms with Gasteiger partial charge >= 0.3 is 0 Å². The minimum atomic E-state index is -0.423. The van der Waals surface area contributed by atoms with Crippen LogP contribution >= 0.6 is 11.6 Å². The van der Waals surface area contributed by atoms with Gasteiger partial charge in [0.1, 0.15) is 6.04 Å². The van der Waals surface area contributed by atoms with E-state index in [1.54, 1.807) is 18.9 Å². The molecule has 33 heavy (non-hydrogen) atoms. The van der Waals surface area contributed by atoms with Crippen molar-refractivity contribution in [2.45, 2.75) is 32.7 Å². The van der Waals surface area contributed by atoms with Gasteiger partial charge in [-0.2, -0.15) is 4.98 Å². The molecule has 0 saturated carbocycles. The number of benzene rings is 2. The van der Waals surface area contributed by atoms with E-state index in [1.807, 2.05) is 42.5 Å². The number of methoxy groups -OCH3 is 2. The highest BCUT2D eigenvalue weighted by Gasteiger charge is 2.42. The van der Waals surface area contributed by atoms with Crippen LogP contribution < -0.4 is 14.8 Å². The smallest absolute Gasteiger partial charge is 0.226 e. The van der Waals surface area contributed by atoms with Crippen molar-refractivity contribution in [2.24, 2.45) is 5.41 Å². The largest absolute Gasteiger partial charge is 0.493 e. The van der Waals surface area contributed by atoms with Gasteiger partial charge in [0.2, 0.25) is 5.95 Å². The van der Waals surface area contributed by atoms with Crippen molar-refractivity contribution in [1.82, 2.24) is 14.8 Å². The molecule has 0 fully saturated rings. The molecule has 170 valence electrons. The van der Waals surface area contributed by atoms with Crippen LogP contribution in [0.25, 0.3) is 11.4 Å². The number of fused-ring (bicyclic) bond motifs is 1. The molecule has 0 spiro atoms. The second-order valence-corrected chi connectivity index (χ2v) is 9.62. The maximum absolute atomic E-state index is 13.4. The summed E-state index contributed by atoms with van der Waals surface area (Å²) < 4.78 is 12.7. The minimum Gasteiger partial charge on any atom is -0.493 e. The first kappa shape index (κ1) is 21.5. The summed E-state index contributed by atoms with van der Waals surface area (Å²) in [5, 5.41) is 8.86. The summed E-state index contributed by atoms with van der Waals surface area (Å²) in [4.78, 5) is 18.2. The van der Waals surface area contributed by atoms with Crippen molar-refractivity contribution in [3.63, 3.8) is 0 Å². The zero-order chi connectivity index (χ0) is 23.3. The molecule has 3 aromatic rings. The number of allylic oxidation sites excluding steroid dienone is 2. The molecule has 1 aliphatic carbocycles. The number of nitrogens with one attached hydrogen (secondary N) is 1. The van der Waals surface area contributed by atoms with Gasteiger partial charge in [0.05, 0.1) is 14.2 Å². The molecule has 0 radical (unpaired) electrons. The maximum Gasteiger partial charge on any atom is 0.226 e. The van der Waals surface area contributed by atoms with E-state index in [2.05, 4.69) is 19.2 Å². The third-order valence-electron chi connectivity index (χ3n) is 6.16. The zero-order valence-electron chi connectivity index (χ0n) is 19.0. The van der Waals surface area contributed by atoms with Gasteiger partial charge in [-0.15, -0.1) is 5.10 Å². The highest BCUT2D eigenvalue weighted by Crippen LogP contribution is 2.46. The molecule has 2 aromatic carbocycles. The standard InChI is InChI=1S/C25H25ClN4O3/c1-25(2)12-17-21(18(31)13-25)22(15-7-10-19(32-3)20(11-15)33-4)30-24(27-17)28-23(29-30)14-5-8-16(26)9-6-14/h5-11,22H,12-13H2,1-4H3,(H,27,28,29)/t22-/m1/s1. The average molecular weight is 465 g/mol. The Morgan fingerprint density at radius 2 is 1.79 bits per heavy atom. The van der Waals surface area contributed by atoms with Gasteiger partial charge < -0.3 is 14.8 Å². The average Bonchev–Trinajstić information content (AvgIpc) is 3.20. The van der Waals surface area contributed by atoms with Gasteiger partial charge in [-0.1, -0.05) is 31.5 Å². The number of aromatic nitrogens is 3. The number of hydrogen-bond donors (Lipinski definition) is 1. The molecule has 2 heterocycles. The van der Waals surface area contributed by atoms with E-state index in [9.17, 15) is 4.79 Å². The number of Topliss-reactive ketones (excluding diaryl/α,β-unsaturated/α-hetero) is 1. The summed E-state index contributed by atoms with van der Waals surface area (Å²) in [7, 11) is 3.20. The lowest BCUT2D eigenvalue weighted by molar-refractivity contribution is -0.118. The zero-order valence-corrected chi connectivity index (χ0v) is 19.7. The molecule has 0 unspecified atom stereocenters. The van der Waals surface area contributed by atoms with Gasteiger partial charge in [-0.25, -0.2) is 4.68 Å². The molecule has 7 nitrogen and oxygen atoms in total. The number of ether oxygens (including phenoxy) is 2. The van der Waals surface area contributed by atoms with Crippen LogP contribution in [0.15, 0.2) is 53.7 Å². The van der Waals surface area contributed by atoms with Crippen molar-refractivity contribution in [3.8, 4) is 22.9 Å². The van der Waals surface area contributed by atoms with Crippen LogP contribution in [-0.4, -0.2) is 34.8 Å². The molecule has 1 aromatic heterocycles. The maximum atomic E-state index is 13.4. The van der Waals surface area contributed by atoms with Gasteiger partial charge in [0, 0.05) is 28.3 Å². The van der Waals surface area contributed by atoms with Crippen molar-refractivity contribution in [3.05, 3.63) is 64.3 Å². The van der Waals surface area contributed by atoms with E-state index < -0.39 is 6.04 Å². The van der Waals surface area contributed by atoms with Crippen LogP contribution in [0.3, 0.4) is 0 Å². The first-order valence-corrected chi connectivity index (χ1v) is 11.1. The summed E-state index contributed by atoms with van der Waals surface area (Å²) in [5.41, 5.74) is 3.22. The number of nitrogens with zero attached hydrogens (tertiary/aromatic N) is 3. The summed E-state index contributed by atoms with van der Waals surface area (Å²) >= 11 is 6.06. The third kappa shape index (κ3) is 3.76. The van der Waals surface area contributed by atoms with Gasteiger partial charge in [-0.3, -0.25) is 4.79 Å². The van der Waals surface area contributed by atoms with Gasteiger partial charge in [0.25, 0.3) is 0 Å². The predicted octanol–water partition coefficient (Wildman–Crippen LogP) is 5.27. The summed E-state index contributed by atoms with van der Waals surface area (Å²) in [6.45, 7) is 4.22. The lowest BCUT2D eigenvalue weighted by Gasteiger charge is -2.38. The van der Waals surface area contributed by atoms with Crippen LogP contribution in [0.1, 0.15) is 38.3 Å². The van der Waals surface area contributed by atoms with E-state index in [1.165, 1.54) is 0 Å². The predicted molar refractivity (Wildman–Crippen MR) is 127 cm³/mol. The molecule has 5 rings (SSSR count). The number of ketones is 1. The summed E-state index contributed by atoms with van der Waals surface area (Å²) in [5.74, 6) is 2.50.